The van der Waals surface area contributed by atoms with Crippen LogP contribution in [0.4, 0.5) is 11.4 Å². The lowest BCUT2D eigenvalue weighted by atomic mass is 9.99. The summed E-state index contributed by atoms with van der Waals surface area (Å²) in [6.07, 6.45) is 1.56. The Labute approximate surface area is 203 Å². The van der Waals surface area contributed by atoms with E-state index < -0.39 is 16.9 Å². The van der Waals surface area contributed by atoms with Gasteiger partial charge in [0, 0.05) is 36.4 Å². The Morgan fingerprint density at radius 1 is 1.15 bits per heavy atom. The van der Waals surface area contributed by atoms with E-state index in [-0.39, 0.29) is 34.1 Å². The molecule has 0 spiro atoms. The summed E-state index contributed by atoms with van der Waals surface area (Å²) in [5.41, 5.74) is 0.820. The molecule has 2 N–H and O–H groups in total. The molecule has 9 nitrogen and oxygen atoms in total. The monoisotopic (exact) mass is 488 g/mol. The number of methoxy groups -OCH3 is 1. The maximum atomic E-state index is 13.0. The molecule has 182 valence electrons. The quantitative estimate of drug-likeness (QED) is 0.431. The van der Waals surface area contributed by atoms with Crippen LogP contribution in [0, 0.1) is 16.0 Å². The van der Waals surface area contributed by atoms with Crippen LogP contribution >= 0.6 is 11.6 Å². The molecule has 1 aliphatic rings. The van der Waals surface area contributed by atoms with Gasteiger partial charge in [0.2, 0.25) is 5.91 Å². The number of rotatable bonds is 8. The molecule has 0 bridgehead atoms. The van der Waals surface area contributed by atoms with Crippen LogP contribution in [-0.2, 0) is 4.79 Å². The number of anilines is 1. The first-order valence-corrected chi connectivity index (χ1v) is 11.5. The standard InChI is InChI=1S/C24H29ClN4O5/c1-15(2)22(27-23(30)16-4-9-20(25)21(14-16)29(32)33)24(31)26-17-10-12-28(13-11-17)18-5-7-19(34-3)8-6-18/h4-9,14-15,17,22H,10-13H2,1-3H3,(H,26,31)(H,27,30). The predicted octanol–water partition coefficient (Wildman–Crippen LogP) is 3.80. The zero-order valence-corrected chi connectivity index (χ0v) is 20.2. The molecule has 34 heavy (non-hydrogen) atoms. The van der Waals surface area contributed by atoms with Crippen LogP contribution in [0.15, 0.2) is 42.5 Å². The number of nitrogens with one attached hydrogen (secondary N) is 2. The SMILES string of the molecule is COc1ccc(N2CCC(NC(=O)C(NC(=O)c3ccc(Cl)c([N+](=O)[O-])c3)C(C)C)CC2)cc1. The van der Waals surface area contributed by atoms with Crippen LogP contribution in [-0.4, -0.2) is 49.0 Å². The number of carbonyl (C=O) groups is 2. The number of hydrogen-bond donors (Lipinski definition) is 2. The summed E-state index contributed by atoms with van der Waals surface area (Å²) in [4.78, 5) is 38.4. The number of halogens is 1. The summed E-state index contributed by atoms with van der Waals surface area (Å²) < 4.78 is 5.20. The lowest BCUT2D eigenvalue weighted by Crippen LogP contribution is -2.54. The summed E-state index contributed by atoms with van der Waals surface area (Å²) in [6, 6.07) is 10.9. The van der Waals surface area contributed by atoms with Crippen LogP contribution in [0.25, 0.3) is 0 Å². The van der Waals surface area contributed by atoms with Crippen LogP contribution in [0.5, 0.6) is 5.75 Å². The van der Waals surface area contributed by atoms with E-state index in [0.717, 1.165) is 43.4 Å². The van der Waals surface area contributed by atoms with E-state index in [2.05, 4.69) is 15.5 Å². The highest BCUT2D eigenvalue weighted by atomic mass is 35.5. The molecule has 3 rings (SSSR count). The highest BCUT2D eigenvalue weighted by Crippen LogP contribution is 2.25. The molecule has 1 saturated heterocycles. The Bertz CT molecular complexity index is 1040. The van der Waals surface area contributed by atoms with Gasteiger partial charge < -0.3 is 20.3 Å². The first kappa shape index (κ1) is 25.3. The zero-order valence-electron chi connectivity index (χ0n) is 19.4. The lowest BCUT2D eigenvalue weighted by Gasteiger charge is -2.35. The fourth-order valence-electron chi connectivity index (χ4n) is 3.92. The van der Waals surface area contributed by atoms with Crippen molar-refractivity contribution in [3.8, 4) is 5.75 Å². The number of nitrogens with zero attached hydrogens (tertiary/aromatic N) is 2. The molecular formula is C24H29ClN4O5. The van der Waals surface area contributed by atoms with Crippen LogP contribution < -0.4 is 20.3 Å². The number of nitro groups is 1. The molecule has 0 aliphatic carbocycles. The lowest BCUT2D eigenvalue weighted by molar-refractivity contribution is -0.384. The molecule has 1 atom stereocenters. The van der Waals surface area contributed by atoms with Gasteiger partial charge in [0.25, 0.3) is 11.6 Å². The van der Waals surface area contributed by atoms with Crippen molar-refractivity contribution >= 4 is 34.8 Å². The van der Waals surface area contributed by atoms with Gasteiger partial charge in [-0.1, -0.05) is 25.4 Å². The average Bonchev–Trinajstić information content (AvgIpc) is 2.82. The molecule has 2 aromatic rings. The normalized spacial score (nSPS) is 15.0. The summed E-state index contributed by atoms with van der Waals surface area (Å²) >= 11 is 5.83. The molecule has 1 unspecified atom stereocenters. The van der Waals surface area contributed by atoms with Crippen LogP contribution in [0.1, 0.15) is 37.0 Å². The summed E-state index contributed by atoms with van der Waals surface area (Å²) in [5.74, 6) is -0.204. The topological polar surface area (TPSA) is 114 Å². The third-order valence-corrected chi connectivity index (χ3v) is 6.24. The third-order valence-electron chi connectivity index (χ3n) is 5.92. The Morgan fingerprint density at radius 3 is 2.35 bits per heavy atom. The molecule has 0 aromatic heterocycles. The van der Waals surface area contributed by atoms with Crippen molar-refractivity contribution in [2.45, 2.75) is 38.8 Å². The zero-order chi connectivity index (χ0) is 24.8. The van der Waals surface area contributed by atoms with E-state index in [1.165, 1.54) is 12.1 Å². The van der Waals surface area contributed by atoms with Gasteiger partial charge in [-0.2, -0.15) is 0 Å². The van der Waals surface area contributed by atoms with Gasteiger partial charge in [-0.05, 0) is 55.2 Å². The van der Waals surface area contributed by atoms with E-state index in [4.69, 9.17) is 16.3 Å². The second kappa shape index (κ2) is 11.2. The molecule has 1 aliphatic heterocycles. The molecule has 10 heteroatoms. The molecule has 0 radical (unpaired) electrons. The van der Waals surface area contributed by atoms with Crippen LogP contribution in [0.2, 0.25) is 5.02 Å². The second-order valence-electron chi connectivity index (χ2n) is 8.59. The predicted molar refractivity (Wildman–Crippen MR) is 131 cm³/mol. The van der Waals surface area contributed by atoms with E-state index in [1.54, 1.807) is 7.11 Å². The fraction of sp³-hybridized carbons (Fsp3) is 0.417. The minimum atomic E-state index is -0.776. The highest BCUT2D eigenvalue weighted by Gasteiger charge is 2.29. The summed E-state index contributed by atoms with van der Waals surface area (Å²) in [7, 11) is 1.63. The van der Waals surface area contributed by atoms with Gasteiger partial charge in [0.15, 0.2) is 0 Å². The van der Waals surface area contributed by atoms with Crippen molar-refractivity contribution in [3.05, 3.63) is 63.2 Å². The smallest absolute Gasteiger partial charge is 0.288 e. The Balaban J connectivity index is 1.58. The number of nitro benzene ring substituents is 1. The van der Waals surface area contributed by atoms with Gasteiger partial charge in [-0.15, -0.1) is 0 Å². The van der Waals surface area contributed by atoms with E-state index >= 15 is 0 Å². The second-order valence-corrected chi connectivity index (χ2v) is 8.99. The minimum Gasteiger partial charge on any atom is -0.497 e. The fourth-order valence-corrected chi connectivity index (χ4v) is 4.11. The van der Waals surface area contributed by atoms with Crippen molar-refractivity contribution in [2.24, 2.45) is 5.92 Å². The maximum Gasteiger partial charge on any atom is 0.288 e. The van der Waals surface area contributed by atoms with Gasteiger partial charge in [0.05, 0.1) is 12.0 Å². The van der Waals surface area contributed by atoms with Gasteiger partial charge in [-0.25, -0.2) is 0 Å². The van der Waals surface area contributed by atoms with Crippen LogP contribution in [0.3, 0.4) is 0 Å². The number of benzene rings is 2. The third kappa shape index (κ3) is 6.17. The van der Waals surface area contributed by atoms with Crippen molar-refractivity contribution in [2.75, 3.05) is 25.1 Å². The Kier molecular flexibility index (Phi) is 8.33. The van der Waals surface area contributed by atoms with Gasteiger partial charge >= 0.3 is 0 Å². The molecule has 1 heterocycles. The molecular weight excluding hydrogens is 460 g/mol. The first-order valence-electron chi connectivity index (χ1n) is 11.1. The number of carbonyl (C=O) groups excluding carboxylic acids is 2. The van der Waals surface area contributed by atoms with Crippen molar-refractivity contribution in [1.29, 1.82) is 0 Å². The summed E-state index contributed by atoms with van der Waals surface area (Å²) in [5, 5.41) is 16.8. The average molecular weight is 489 g/mol. The molecule has 0 saturated carbocycles. The Hall–Kier alpha value is -3.33. The number of piperidine rings is 1. The van der Waals surface area contributed by atoms with Gasteiger partial charge in [0.1, 0.15) is 16.8 Å². The Morgan fingerprint density at radius 2 is 1.79 bits per heavy atom. The van der Waals surface area contributed by atoms with Crippen molar-refractivity contribution in [3.63, 3.8) is 0 Å². The van der Waals surface area contributed by atoms with E-state index in [0.29, 0.717) is 0 Å². The minimum absolute atomic E-state index is 0.00299. The van der Waals surface area contributed by atoms with E-state index in [9.17, 15) is 19.7 Å². The largest absolute Gasteiger partial charge is 0.497 e. The molecule has 1 fully saturated rings. The number of ether oxygens (including phenoxy) is 1. The van der Waals surface area contributed by atoms with Crippen molar-refractivity contribution < 1.29 is 19.2 Å². The molecule has 2 amide bonds. The molecule has 2 aromatic carbocycles. The highest BCUT2D eigenvalue weighted by molar-refractivity contribution is 6.32. The summed E-state index contributed by atoms with van der Waals surface area (Å²) in [6.45, 7) is 5.26. The van der Waals surface area contributed by atoms with E-state index in [1.807, 2.05) is 38.1 Å². The maximum absolute atomic E-state index is 13.0. The first-order chi connectivity index (χ1) is 16.2. The number of amides is 2. The number of hydrogen-bond acceptors (Lipinski definition) is 6. The van der Waals surface area contributed by atoms with Gasteiger partial charge in [-0.3, -0.25) is 19.7 Å². The van der Waals surface area contributed by atoms with Crippen molar-refractivity contribution in [1.82, 2.24) is 10.6 Å².